The Balaban J connectivity index is 3.07. The maximum Gasteiger partial charge on any atom is 0.190 e. The maximum absolute atomic E-state index is 8.56. The van der Waals surface area contributed by atoms with Crippen molar-refractivity contribution >= 4 is 34.8 Å². The molecule has 0 aliphatic rings. The minimum absolute atomic E-state index is 0.449. The Morgan fingerprint density at radius 1 is 0.857 bits per heavy atom. The number of rotatable bonds is 7. The zero-order valence-corrected chi connectivity index (χ0v) is 10.3. The number of unbranched alkanes of at least 4 members (excludes halogenated alkanes) is 4. The van der Waals surface area contributed by atoms with Gasteiger partial charge in [0.05, 0.1) is 0 Å². The largest absolute Gasteiger partial charge is 0.368 e. The van der Waals surface area contributed by atoms with Crippen molar-refractivity contribution in [3.05, 3.63) is 0 Å². The molecule has 2 nitrogen and oxygen atoms in total. The van der Waals surface area contributed by atoms with Crippen molar-refractivity contribution in [2.45, 2.75) is 55.0 Å². The molecule has 0 aromatic rings. The van der Waals surface area contributed by atoms with Crippen molar-refractivity contribution in [2.75, 3.05) is 0 Å². The monoisotopic (exact) mass is 262 g/mol. The minimum atomic E-state index is -1.17. The second kappa shape index (κ2) is 8.00. The van der Waals surface area contributed by atoms with Crippen LogP contribution in [0.1, 0.15) is 44.9 Å². The fourth-order valence-electron chi connectivity index (χ4n) is 1.18. The summed E-state index contributed by atoms with van der Waals surface area (Å²) in [4.78, 5) is 0. The second-order valence-corrected chi connectivity index (χ2v) is 5.92. The Morgan fingerprint density at radius 2 is 1.36 bits per heavy atom. The number of aliphatic hydroxyl groups is 2. The van der Waals surface area contributed by atoms with Crippen LogP contribution in [0.2, 0.25) is 0 Å². The summed E-state index contributed by atoms with van der Waals surface area (Å²) in [7, 11) is 0. The van der Waals surface area contributed by atoms with E-state index in [-0.39, 0.29) is 0 Å². The molecule has 0 aromatic carbocycles. The van der Waals surface area contributed by atoms with Crippen LogP contribution in [0.5, 0.6) is 0 Å². The van der Waals surface area contributed by atoms with Gasteiger partial charge in [0.2, 0.25) is 0 Å². The number of hydrogen-bond donors (Lipinski definition) is 2. The molecular weight excluding hydrogens is 246 g/mol. The van der Waals surface area contributed by atoms with Crippen LogP contribution in [0.15, 0.2) is 0 Å². The van der Waals surface area contributed by atoms with Crippen molar-refractivity contribution in [2.24, 2.45) is 0 Å². The van der Waals surface area contributed by atoms with Crippen LogP contribution < -0.4 is 0 Å². The Kier molecular flexibility index (Phi) is 8.45. The van der Waals surface area contributed by atoms with E-state index in [2.05, 4.69) is 0 Å². The summed E-state index contributed by atoms with van der Waals surface area (Å²) >= 11 is 16.7. The molecule has 5 heteroatoms. The van der Waals surface area contributed by atoms with Crippen molar-refractivity contribution in [3.63, 3.8) is 0 Å². The third-order valence-corrected chi connectivity index (χ3v) is 2.49. The summed E-state index contributed by atoms with van der Waals surface area (Å²) in [6.07, 6.45) is 4.67. The van der Waals surface area contributed by atoms with E-state index in [1.165, 1.54) is 0 Å². The molecule has 2 N–H and O–H groups in total. The lowest BCUT2D eigenvalue weighted by molar-refractivity contribution is -0.0466. The first-order valence-corrected chi connectivity index (χ1v) is 5.98. The van der Waals surface area contributed by atoms with Crippen LogP contribution in [0.25, 0.3) is 0 Å². The van der Waals surface area contributed by atoms with E-state index >= 15 is 0 Å². The average molecular weight is 264 g/mol. The Morgan fingerprint density at radius 3 is 1.86 bits per heavy atom. The SMILES string of the molecule is OC(O)CCCCCCCC(Cl)(Cl)Cl. The van der Waals surface area contributed by atoms with Gasteiger partial charge in [-0.2, -0.15) is 0 Å². The van der Waals surface area contributed by atoms with Gasteiger partial charge in [-0.15, -0.1) is 0 Å². The fourth-order valence-corrected chi connectivity index (χ4v) is 1.58. The van der Waals surface area contributed by atoms with Gasteiger partial charge in [-0.25, -0.2) is 0 Å². The molecule has 0 fully saturated rings. The smallest absolute Gasteiger partial charge is 0.190 e. The topological polar surface area (TPSA) is 40.5 Å². The van der Waals surface area contributed by atoms with Gasteiger partial charge in [-0.1, -0.05) is 54.1 Å². The van der Waals surface area contributed by atoms with E-state index in [4.69, 9.17) is 45.0 Å². The van der Waals surface area contributed by atoms with Crippen LogP contribution >= 0.6 is 34.8 Å². The fraction of sp³-hybridized carbons (Fsp3) is 1.00. The molecule has 0 aliphatic heterocycles. The molecule has 0 rings (SSSR count). The predicted molar refractivity (Wildman–Crippen MR) is 60.8 cm³/mol. The molecule has 0 amide bonds. The van der Waals surface area contributed by atoms with Crippen LogP contribution in [-0.4, -0.2) is 20.3 Å². The van der Waals surface area contributed by atoms with E-state index in [9.17, 15) is 0 Å². The van der Waals surface area contributed by atoms with Crippen LogP contribution in [-0.2, 0) is 0 Å². The van der Waals surface area contributed by atoms with Gasteiger partial charge in [0.1, 0.15) is 0 Å². The molecule has 0 saturated heterocycles. The molecule has 0 aromatic heterocycles. The van der Waals surface area contributed by atoms with Gasteiger partial charge in [0.25, 0.3) is 0 Å². The number of halogens is 3. The summed E-state index contributed by atoms with van der Waals surface area (Å²) in [5.41, 5.74) is 0. The summed E-state index contributed by atoms with van der Waals surface area (Å²) < 4.78 is -1.12. The van der Waals surface area contributed by atoms with E-state index in [0.717, 1.165) is 32.1 Å². The first-order chi connectivity index (χ1) is 6.42. The van der Waals surface area contributed by atoms with E-state index < -0.39 is 10.1 Å². The van der Waals surface area contributed by atoms with Gasteiger partial charge >= 0.3 is 0 Å². The molecule has 0 heterocycles. The van der Waals surface area contributed by atoms with Crippen molar-refractivity contribution in [3.8, 4) is 0 Å². The Bertz CT molecular complexity index is 135. The molecule has 86 valence electrons. The summed E-state index contributed by atoms with van der Waals surface area (Å²) in [6.45, 7) is 0. The van der Waals surface area contributed by atoms with E-state index in [1.54, 1.807) is 0 Å². The first-order valence-electron chi connectivity index (χ1n) is 4.85. The zero-order chi connectivity index (χ0) is 11.0. The van der Waals surface area contributed by atoms with Crippen LogP contribution in [0.3, 0.4) is 0 Å². The van der Waals surface area contributed by atoms with Gasteiger partial charge in [0, 0.05) is 0 Å². The predicted octanol–water partition coefficient (Wildman–Crippen LogP) is 3.40. The molecule has 0 aliphatic carbocycles. The molecule has 0 radical (unpaired) electrons. The molecule has 0 unspecified atom stereocenters. The lowest BCUT2D eigenvalue weighted by atomic mass is 10.1. The highest BCUT2D eigenvalue weighted by Crippen LogP contribution is 2.32. The minimum Gasteiger partial charge on any atom is -0.368 e. The number of hydrogen-bond acceptors (Lipinski definition) is 2. The number of aliphatic hydroxyl groups excluding tert-OH is 1. The molecule has 0 saturated carbocycles. The van der Waals surface area contributed by atoms with Gasteiger partial charge in [-0.3, -0.25) is 0 Å². The first kappa shape index (κ1) is 14.8. The van der Waals surface area contributed by atoms with Gasteiger partial charge in [-0.05, 0) is 25.7 Å². The Hall–Kier alpha value is 0.790. The van der Waals surface area contributed by atoms with Gasteiger partial charge in [0.15, 0.2) is 10.1 Å². The molecule has 0 atom stereocenters. The maximum atomic E-state index is 8.56. The lowest BCUT2D eigenvalue weighted by Crippen LogP contribution is -2.03. The number of alkyl halides is 3. The molecule has 14 heavy (non-hydrogen) atoms. The standard InChI is InChI=1S/C9H17Cl3O2/c10-9(11,12)7-5-3-1-2-4-6-8(13)14/h8,13-14H,1-7H2. The highest BCUT2D eigenvalue weighted by atomic mass is 35.6. The highest BCUT2D eigenvalue weighted by molar-refractivity contribution is 6.67. The normalized spacial score (nSPS) is 12.4. The third-order valence-electron chi connectivity index (χ3n) is 1.92. The Labute approximate surface area is 100 Å². The summed E-state index contributed by atoms with van der Waals surface area (Å²) in [5.74, 6) is 0. The second-order valence-electron chi connectivity index (χ2n) is 3.40. The molecule has 0 bridgehead atoms. The zero-order valence-electron chi connectivity index (χ0n) is 8.06. The van der Waals surface area contributed by atoms with Crippen molar-refractivity contribution in [1.29, 1.82) is 0 Å². The third kappa shape index (κ3) is 12.8. The summed E-state index contributed by atoms with van der Waals surface area (Å²) in [5, 5.41) is 17.1. The van der Waals surface area contributed by atoms with Crippen molar-refractivity contribution in [1.82, 2.24) is 0 Å². The van der Waals surface area contributed by atoms with Crippen molar-refractivity contribution < 1.29 is 10.2 Å². The summed E-state index contributed by atoms with van der Waals surface area (Å²) in [6, 6.07) is 0. The van der Waals surface area contributed by atoms with E-state index in [1.807, 2.05) is 0 Å². The quantitative estimate of drug-likeness (QED) is 0.420. The van der Waals surface area contributed by atoms with Crippen LogP contribution in [0.4, 0.5) is 0 Å². The van der Waals surface area contributed by atoms with Gasteiger partial charge < -0.3 is 10.2 Å². The average Bonchev–Trinajstić information content (AvgIpc) is 2.00. The van der Waals surface area contributed by atoms with E-state index in [0.29, 0.717) is 12.8 Å². The highest BCUT2D eigenvalue weighted by Gasteiger charge is 2.17. The molecular formula is C9H17Cl3O2. The molecule has 0 spiro atoms. The lowest BCUT2D eigenvalue weighted by Gasteiger charge is -2.09. The van der Waals surface area contributed by atoms with Crippen LogP contribution in [0, 0.1) is 0 Å².